The number of alkyl carbamates (subject to hydrolysis) is 1. The van der Waals surface area contributed by atoms with E-state index in [-0.39, 0.29) is 18.0 Å². The van der Waals surface area contributed by atoms with Crippen LogP contribution in [0.15, 0.2) is 22.7 Å². The summed E-state index contributed by atoms with van der Waals surface area (Å²) in [5, 5.41) is 2.98. The summed E-state index contributed by atoms with van der Waals surface area (Å²) in [6, 6.07) is 5.05. The van der Waals surface area contributed by atoms with Crippen LogP contribution in [0.3, 0.4) is 0 Å². The number of likely N-dealkylation sites (tertiary alicyclic amines) is 1. The van der Waals surface area contributed by atoms with E-state index in [0.29, 0.717) is 16.8 Å². The molecule has 1 aliphatic rings. The van der Waals surface area contributed by atoms with Crippen molar-refractivity contribution in [2.24, 2.45) is 0 Å². The largest absolute Gasteiger partial charge is 0.493 e. The van der Waals surface area contributed by atoms with Crippen molar-refractivity contribution in [3.05, 3.63) is 28.5 Å². The Hall–Kier alpha value is -1.34. The van der Waals surface area contributed by atoms with Gasteiger partial charge in [-0.1, -0.05) is 12.8 Å². The first-order valence-electron chi connectivity index (χ1n) is 10.5. The van der Waals surface area contributed by atoms with Gasteiger partial charge in [-0.3, -0.25) is 0 Å². The fourth-order valence-corrected chi connectivity index (χ4v) is 3.57. The average Bonchev–Trinajstić information content (AvgIpc) is 2.63. The molecule has 0 saturated carbocycles. The molecule has 0 aromatic heterocycles. The van der Waals surface area contributed by atoms with Gasteiger partial charge in [0.15, 0.2) is 0 Å². The van der Waals surface area contributed by atoms with Gasteiger partial charge in [-0.2, -0.15) is 0 Å². The molecule has 29 heavy (non-hydrogen) atoms. The first-order chi connectivity index (χ1) is 13.7. The highest BCUT2D eigenvalue weighted by Gasteiger charge is 2.23. The zero-order valence-corrected chi connectivity index (χ0v) is 19.4. The van der Waals surface area contributed by atoms with Crippen LogP contribution in [-0.4, -0.2) is 48.9 Å². The lowest BCUT2D eigenvalue weighted by Gasteiger charge is -2.32. The van der Waals surface area contributed by atoms with Gasteiger partial charge in [0.2, 0.25) is 0 Å². The van der Waals surface area contributed by atoms with Crippen LogP contribution < -0.4 is 10.1 Å². The number of benzene rings is 1. The zero-order valence-electron chi connectivity index (χ0n) is 17.8. The summed E-state index contributed by atoms with van der Waals surface area (Å²) in [5.41, 5.74) is -0.454. The Bertz CT molecular complexity index is 643. The van der Waals surface area contributed by atoms with Crippen LogP contribution in [0.1, 0.15) is 59.3 Å². The normalized spacial score (nSPS) is 15.9. The lowest BCUT2D eigenvalue weighted by Crippen LogP contribution is -2.46. The highest BCUT2D eigenvalue weighted by molar-refractivity contribution is 9.10. The number of halogens is 2. The predicted octanol–water partition coefficient (Wildman–Crippen LogP) is 5.52. The van der Waals surface area contributed by atoms with Gasteiger partial charge in [0, 0.05) is 25.2 Å². The summed E-state index contributed by atoms with van der Waals surface area (Å²) in [5.74, 6) is 0.279. The van der Waals surface area contributed by atoms with Crippen LogP contribution in [0.25, 0.3) is 0 Å². The van der Waals surface area contributed by atoms with Gasteiger partial charge < -0.3 is 19.7 Å². The molecule has 0 radical (unpaired) electrons. The molecule has 0 unspecified atom stereocenters. The number of nitrogens with zero attached hydrogens (tertiary/aromatic N) is 1. The molecule has 1 aliphatic heterocycles. The average molecular weight is 473 g/mol. The van der Waals surface area contributed by atoms with E-state index in [1.54, 1.807) is 12.1 Å². The molecule has 1 heterocycles. The molecule has 0 spiro atoms. The minimum absolute atomic E-state index is 0.210. The Kier molecular flexibility index (Phi) is 9.69. The van der Waals surface area contributed by atoms with Gasteiger partial charge in [0.25, 0.3) is 0 Å². The topological polar surface area (TPSA) is 50.8 Å². The van der Waals surface area contributed by atoms with E-state index in [0.717, 1.165) is 58.2 Å². The molecule has 1 amide bonds. The maximum absolute atomic E-state index is 13.4. The Balaban J connectivity index is 1.48. The van der Waals surface area contributed by atoms with E-state index in [4.69, 9.17) is 9.47 Å². The third-order valence-electron chi connectivity index (χ3n) is 4.84. The van der Waals surface area contributed by atoms with Gasteiger partial charge in [-0.05, 0) is 81.1 Å². The van der Waals surface area contributed by atoms with Gasteiger partial charge in [-0.25, -0.2) is 9.18 Å². The van der Waals surface area contributed by atoms with E-state index < -0.39 is 5.60 Å². The van der Waals surface area contributed by atoms with E-state index >= 15 is 0 Å². The maximum atomic E-state index is 13.4. The van der Waals surface area contributed by atoms with Gasteiger partial charge >= 0.3 is 6.09 Å². The number of amides is 1. The Labute approximate surface area is 182 Å². The molecule has 7 heteroatoms. The molecular weight excluding hydrogens is 439 g/mol. The van der Waals surface area contributed by atoms with Crippen molar-refractivity contribution in [2.45, 2.75) is 70.9 Å². The number of rotatable bonds is 9. The van der Waals surface area contributed by atoms with Gasteiger partial charge in [-0.15, -0.1) is 0 Å². The third kappa shape index (κ3) is 9.81. The predicted molar refractivity (Wildman–Crippen MR) is 117 cm³/mol. The third-order valence-corrected chi connectivity index (χ3v) is 5.48. The van der Waals surface area contributed by atoms with Gasteiger partial charge in [0.05, 0.1) is 11.1 Å². The quantitative estimate of drug-likeness (QED) is 0.480. The summed E-state index contributed by atoms with van der Waals surface area (Å²) in [6.07, 6.45) is 6.03. The minimum Gasteiger partial charge on any atom is -0.493 e. The molecule has 0 aliphatic carbocycles. The van der Waals surface area contributed by atoms with Crippen LogP contribution in [-0.2, 0) is 4.74 Å². The number of hydrogen-bond acceptors (Lipinski definition) is 4. The second kappa shape index (κ2) is 11.7. The summed E-state index contributed by atoms with van der Waals surface area (Å²) < 4.78 is 24.8. The second-order valence-corrected chi connectivity index (χ2v) is 9.46. The zero-order chi connectivity index (χ0) is 21.3. The summed E-state index contributed by atoms with van der Waals surface area (Å²) in [6.45, 7) is 9.36. The lowest BCUT2D eigenvalue weighted by molar-refractivity contribution is 0.0478. The van der Waals surface area contributed by atoms with Crippen LogP contribution in [0, 0.1) is 5.82 Å². The van der Waals surface area contributed by atoms with Crippen molar-refractivity contribution in [3.8, 4) is 5.75 Å². The van der Waals surface area contributed by atoms with E-state index in [9.17, 15) is 9.18 Å². The highest BCUT2D eigenvalue weighted by atomic mass is 79.9. The second-order valence-electron chi connectivity index (χ2n) is 8.60. The van der Waals surface area contributed by atoms with E-state index in [1.165, 1.54) is 6.07 Å². The molecule has 0 bridgehead atoms. The van der Waals surface area contributed by atoms with Crippen molar-refractivity contribution in [1.82, 2.24) is 10.2 Å². The molecule has 2 rings (SSSR count). The monoisotopic (exact) mass is 472 g/mol. The molecular formula is C22H34BrFN2O3. The molecule has 1 saturated heterocycles. The number of piperidine rings is 1. The van der Waals surface area contributed by atoms with Crippen LogP contribution >= 0.6 is 15.9 Å². The first kappa shape index (κ1) is 23.9. The molecule has 1 aromatic rings. The van der Waals surface area contributed by atoms with Gasteiger partial charge in [0.1, 0.15) is 17.2 Å². The maximum Gasteiger partial charge on any atom is 0.407 e. The van der Waals surface area contributed by atoms with Crippen LogP contribution in [0.2, 0.25) is 0 Å². The molecule has 1 fully saturated rings. The first-order valence-corrected chi connectivity index (χ1v) is 11.3. The Morgan fingerprint density at radius 2 is 1.90 bits per heavy atom. The molecule has 5 nitrogen and oxygen atoms in total. The SMILES string of the molecule is CC(C)(C)OC(=O)NC1CCN(CCCCCCOc2ccc(Br)c(F)c2)CC1. The van der Waals surface area contributed by atoms with Crippen molar-refractivity contribution >= 4 is 22.0 Å². The molecule has 1 aromatic carbocycles. The number of carbonyl (C=O) groups is 1. The molecule has 1 N–H and O–H groups in total. The summed E-state index contributed by atoms with van der Waals surface area (Å²) >= 11 is 3.14. The Morgan fingerprint density at radius 1 is 1.21 bits per heavy atom. The van der Waals surface area contributed by atoms with Crippen molar-refractivity contribution < 1.29 is 18.7 Å². The fraction of sp³-hybridized carbons (Fsp3) is 0.682. The number of hydrogen-bond donors (Lipinski definition) is 1. The van der Waals surface area contributed by atoms with Crippen LogP contribution in [0.5, 0.6) is 5.75 Å². The van der Waals surface area contributed by atoms with E-state index in [2.05, 4.69) is 26.1 Å². The summed E-state index contributed by atoms with van der Waals surface area (Å²) in [4.78, 5) is 14.3. The molecule has 0 atom stereocenters. The highest BCUT2D eigenvalue weighted by Crippen LogP contribution is 2.21. The standard InChI is InChI=1S/C22H34BrFN2O3/c1-22(2,3)29-21(27)25-17-10-13-26(14-11-17)12-6-4-5-7-15-28-18-8-9-19(23)20(24)16-18/h8-9,16-17H,4-7,10-15H2,1-3H3,(H,25,27). The summed E-state index contributed by atoms with van der Waals surface area (Å²) in [7, 11) is 0. The molecule has 164 valence electrons. The van der Waals surface area contributed by atoms with Crippen molar-refractivity contribution in [2.75, 3.05) is 26.2 Å². The van der Waals surface area contributed by atoms with Crippen molar-refractivity contribution in [1.29, 1.82) is 0 Å². The number of nitrogens with one attached hydrogen (secondary N) is 1. The minimum atomic E-state index is -0.454. The number of unbranched alkanes of at least 4 members (excludes halogenated alkanes) is 3. The smallest absolute Gasteiger partial charge is 0.407 e. The fourth-order valence-electron chi connectivity index (χ4n) is 3.32. The van der Waals surface area contributed by atoms with Crippen molar-refractivity contribution in [3.63, 3.8) is 0 Å². The van der Waals surface area contributed by atoms with E-state index in [1.807, 2.05) is 20.8 Å². The number of ether oxygens (including phenoxy) is 2. The Morgan fingerprint density at radius 3 is 2.55 bits per heavy atom. The number of carbonyl (C=O) groups excluding carboxylic acids is 1. The lowest BCUT2D eigenvalue weighted by atomic mass is 10.0. The van der Waals surface area contributed by atoms with Crippen LogP contribution in [0.4, 0.5) is 9.18 Å².